The lowest BCUT2D eigenvalue weighted by atomic mass is 10.0. The number of amides is 2. The molecular weight excluding hydrogens is 296 g/mol. The van der Waals surface area contributed by atoms with Gasteiger partial charge in [-0.2, -0.15) is 0 Å². The van der Waals surface area contributed by atoms with Crippen LogP contribution in [0.3, 0.4) is 0 Å². The van der Waals surface area contributed by atoms with E-state index in [1.54, 1.807) is 4.90 Å². The standard InChI is InChI=1S/C17H22N2O4/c1-3-18-11-14(9-15(18)20)16(21)19(12(2)17(22)23)10-13-7-5-4-6-8-13/h4-8,12,14H,3,9-11H2,1-2H3,(H,22,23). The first kappa shape index (κ1) is 17.0. The second kappa shape index (κ2) is 7.26. The van der Waals surface area contributed by atoms with E-state index in [0.29, 0.717) is 13.1 Å². The molecule has 0 radical (unpaired) electrons. The SMILES string of the molecule is CCN1CC(C(=O)N(Cc2ccccc2)C(C)C(=O)O)CC1=O. The molecule has 1 aliphatic heterocycles. The summed E-state index contributed by atoms with van der Waals surface area (Å²) in [6.07, 6.45) is 0.157. The summed E-state index contributed by atoms with van der Waals surface area (Å²) in [5.41, 5.74) is 0.866. The highest BCUT2D eigenvalue weighted by molar-refractivity contribution is 5.91. The van der Waals surface area contributed by atoms with Crippen LogP contribution in [0, 0.1) is 5.92 Å². The maximum Gasteiger partial charge on any atom is 0.326 e. The summed E-state index contributed by atoms with van der Waals surface area (Å²) in [5.74, 6) is -1.83. The summed E-state index contributed by atoms with van der Waals surface area (Å²) in [6, 6.07) is 8.33. The van der Waals surface area contributed by atoms with Gasteiger partial charge >= 0.3 is 5.97 Å². The van der Waals surface area contributed by atoms with Crippen LogP contribution >= 0.6 is 0 Å². The van der Waals surface area contributed by atoms with Gasteiger partial charge in [-0.1, -0.05) is 30.3 Å². The van der Waals surface area contributed by atoms with Crippen LogP contribution < -0.4 is 0 Å². The topological polar surface area (TPSA) is 77.9 Å². The molecule has 23 heavy (non-hydrogen) atoms. The Morgan fingerprint density at radius 3 is 2.52 bits per heavy atom. The van der Waals surface area contributed by atoms with Gasteiger partial charge in [-0.3, -0.25) is 9.59 Å². The summed E-state index contributed by atoms with van der Waals surface area (Å²) in [5, 5.41) is 9.30. The highest BCUT2D eigenvalue weighted by atomic mass is 16.4. The third kappa shape index (κ3) is 3.88. The second-order valence-electron chi connectivity index (χ2n) is 5.80. The Bertz CT molecular complexity index is 588. The monoisotopic (exact) mass is 318 g/mol. The molecule has 1 heterocycles. The number of hydrogen-bond acceptors (Lipinski definition) is 3. The van der Waals surface area contributed by atoms with E-state index < -0.39 is 17.9 Å². The average Bonchev–Trinajstić information content (AvgIpc) is 2.93. The van der Waals surface area contributed by atoms with E-state index in [2.05, 4.69) is 0 Å². The van der Waals surface area contributed by atoms with Crippen molar-refractivity contribution in [2.24, 2.45) is 5.92 Å². The molecular formula is C17H22N2O4. The van der Waals surface area contributed by atoms with Crippen LogP contribution in [0.25, 0.3) is 0 Å². The minimum absolute atomic E-state index is 0.0477. The number of carbonyl (C=O) groups excluding carboxylic acids is 2. The second-order valence-corrected chi connectivity index (χ2v) is 5.80. The van der Waals surface area contributed by atoms with Crippen molar-refractivity contribution in [1.82, 2.24) is 9.80 Å². The molecule has 2 atom stereocenters. The van der Waals surface area contributed by atoms with Gasteiger partial charge in [0.25, 0.3) is 0 Å². The zero-order valence-electron chi connectivity index (χ0n) is 13.4. The number of carbonyl (C=O) groups is 3. The predicted octanol–water partition coefficient (Wildman–Crippen LogP) is 1.36. The quantitative estimate of drug-likeness (QED) is 0.859. The highest BCUT2D eigenvalue weighted by Crippen LogP contribution is 2.22. The largest absolute Gasteiger partial charge is 0.480 e. The zero-order valence-corrected chi connectivity index (χ0v) is 13.4. The van der Waals surface area contributed by atoms with Crippen LogP contribution in [0.15, 0.2) is 30.3 Å². The number of carboxylic acid groups (broad SMARTS) is 1. The average molecular weight is 318 g/mol. The van der Waals surface area contributed by atoms with Gasteiger partial charge in [0.15, 0.2) is 0 Å². The molecule has 0 aliphatic carbocycles. The van der Waals surface area contributed by atoms with Gasteiger partial charge < -0.3 is 14.9 Å². The van der Waals surface area contributed by atoms with Crippen molar-refractivity contribution in [2.45, 2.75) is 32.9 Å². The lowest BCUT2D eigenvalue weighted by Crippen LogP contribution is -2.46. The predicted molar refractivity (Wildman–Crippen MR) is 84.5 cm³/mol. The van der Waals surface area contributed by atoms with Gasteiger partial charge in [0.1, 0.15) is 6.04 Å². The molecule has 0 spiro atoms. The minimum atomic E-state index is -1.05. The number of carboxylic acids is 1. The van der Waals surface area contributed by atoms with Crippen molar-refractivity contribution in [3.05, 3.63) is 35.9 Å². The van der Waals surface area contributed by atoms with Crippen LogP contribution in [0.4, 0.5) is 0 Å². The molecule has 0 saturated carbocycles. The van der Waals surface area contributed by atoms with Crippen LogP contribution in [0.2, 0.25) is 0 Å². The summed E-state index contributed by atoms with van der Waals surface area (Å²) in [4.78, 5) is 39.0. The molecule has 2 amide bonds. The Balaban J connectivity index is 2.18. The Morgan fingerprint density at radius 2 is 2.00 bits per heavy atom. The van der Waals surface area contributed by atoms with Gasteiger partial charge in [0, 0.05) is 26.1 Å². The van der Waals surface area contributed by atoms with E-state index in [0.717, 1.165) is 5.56 Å². The van der Waals surface area contributed by atoms with Gasteiger partial charge in [0.05, 0.1) is 5.92 Å². The fraction of sp³-hybridized carbons (Fsp3) is 0.471. The van der Waals surface area contributed by atoms with Gasteiger partial charge in [-0.25, -0.2) is 4.79 Å². The van der Waals surface area contributed by atoms with Gasteiger partial charge in [0.2, 0.25) is 11.8 Å². The molecule has 1 N–H and O–H groups in total. The Kier molecular flexibility index (Phi) is 5.36. The molecule has 2 rings (SSSR count). The molecule has 1 saturated heterocycles. The van der Waals surface area contributed by atoms with Crippen LogP contribution in [0.1, 0.15) is 25.8 Å². The molecule has 1 aromatic carbocycles. The maximum atomic E-state index is 12.8. The van der Waals surface area contributed by atoms with Gasteiger partial charge in [-0.05, 0) is 19.4 Å². The van der Waals surface area contributed by atoms with E-state index in [-0.39, 0.29) is 24.8 Å². The lowest BCUT2D eigenvalue weighted by molar-refractivity contribution is -0.151. The van der Waals surface area contributed by atoms with E-state index in [4.69, 9.17) is 0 Å². The normalized spacial score (nSPS) is 18.8. The first-order valence-electron chi connectivity index (χ1n) is 7.79. The minimum Gasteiger partial charge on any atom is -0.480 e. The number of nitrogens with zero attached hydrogens (tertiary/aromatic N) is 2. The smallest absolute Gasteiger partial charge is 0.326 e. The summed E-state index contributed by atoms with van der Waals surface area (Å²) < 4.78 is 0. The Morgan fingerprint density at radius 1 is 1.35 bits per heavy atom. The Labute approximate surface area is 135 Å². The molecule has 124 valence electrons. The molecule has 2 unspecified atom stereocenters. The first-order chi connectivity index (χ1) is 10.9. The molecule has 1 aromatic rings. The lowest BCUT2D eigenvalue weighted by Gasteiger charge is -2.29. The first-order valence-corrected chi connectivity index (χ1v) is 7.79. The molecule has 6 nitrogen and oxygen atoms in total. The van der Waals surface area contributed by atoms with Crippen molar-refractivity contribution >= 4 is 17.8 Å². The van der Waals surface area contributed by atoms with Crippen molar-refractivity contribution in [3.8, 4) is 0 Å². The fourth-order valence-corrected chi connectivity index (χ4v) is 2.80. The van der Waals surface area contributed by atoms with Crippen LogP contribution in [-0.4, -0.2) is 51.8 Å². The number of rotatable bonds is 6. The number of benzene rings is 1. The third-order valence-corrected chi connectivity index (χ3v) is 4.25. The van der Waals surface area contributed by atoms with E-state index in [1.165, 1.54) is 11.8 Å². The molecule has 0 bridgehead atoms. The van der Waals surface area contributed by atoms with E-state index >= 15 is 0 Å². The maximum absolute atomic E-state index is 12.8. The molecule has 6 heteroatoms. The van der Waals surface area contributed by atoms with Crippen LogP contribution in [0.5, 0.6) is 0 Å². The van der Waals surface area contributed by atoms with Crippen LogP contribution in [-0.2, 0) is 20.9 Å². The Hall–Kier alpha value is -2.37. The third-order valence-electron chi connectivity index (χ3n) is 4.25. The van der Waals surface area contributed by atoms with Gasteiger partial charge in [-0.15, -0.1) is 0 Å². The summed E-state index contributed by atoms with van der Waals surface area (Å²) in [6.45, 7) is 4.52. The summed E-state index contributed by atoms with van der Waals surface area (Å²) >= 11 is 0. The van der Waals surface area contributed by atoms with Crippen molar-refractivity contribution in [3.63, 3.8) is 0 Å². The van der Waals surface area contributed by atoms with Crippen molar-refractivity contribution in [1.29, 1.82) is 0 Å². The number of likely N-dealkylation sites (tertiary alicyclic amines) is 1. The summed E-state index contributed by atoms with van der Waals surface area (Å²) in [7, 11) is 0. The zero-order chi connectivity index (χ0) is 17.0. The fourth-order valence-electron chi connectivity index (χ4n) is 2.80. The van der Waals surface area contributed by atoms with Crippen molar-refractivity contribution in [2.75, 3.05) is 13.1 Å². The highest BCUT2D eigenvalue weighted by Gasteiger charge is 2.38. The number of aliphatic carboxylic acids is 1. The van der Waals surface area contributed by atoms with E-state index in [9.17, 15) is 19.5 Å². The van der Waals surface area contributed by atoms with E-state index in [1.807, 2.05) is 37.3 Å². The molecule has 1 fully saturated rings. The number of hydrogen-bond donors (Lipinski definition) is 1. The molecule has 1 aliphatic rings. The molecule has 0 aromatic heterocycles. The van der Waals surface area contributed by atoms with Crippen molar-refractivity contribution < 1.29 is 19.5 Å².